The molecular weight excluding hydrogens is 329 g/mol. The predicted molar refractivity (Wildman–Crippen MR) is 88.0 cm³/mol. The molecule has 0 aromatic heterocycles. The van der Waals surface area contributed by atoms with Crippen molar-refractivity contribution in [3.8, 4) is 0 Å². The van der Waals surface area contributed by atoms with Gasteiger partial charge in [-0.3, -0.25) is 4.79 Å². The van der Waals surface area contributed by atoms with Crippen LogP contribution in [0.3, 0.4) is 0 Å². The fraction of sp³-hybridized carbons (Fsp3) is 0.632. The molecule has 0 unspecified atom stereocenters. The van der Waals surface area contributed by atoms with E-state index in [1.54, 1.807) is 6.07 Å². The molecule has 3 fully saturated rings. The molecule has 4 rings (SSSR count). The van der Waals surface area contributed by atoms with E-state index < -0.39 is 17.2 Å². The van der Waals surface area contributed by atoms with Crippen molar-refractivity contribution in [1.29, 1.82) is 0 Å². The molecule has 1 amide bonds. The van der Waals surface area contributed by atoms with E-state index in [4.69, 9.17) is 0 Å². The molecule has 1 N–H and O–H groups in total. The van der Waals surface area contributed by atoms with Gasteiger partial charge >= 0.3 is 6.18 Å². The summed E-state index contributed by atoms with van der Waals surface area (Å²) in [6, 6.07) is 5.34. The van der Waals surface area contributed by atoms with Crippen molar-refractivity contribution in [2.24, 2.45) is 11.8 Å². The van der Waals surface area contributed by atoms with Crippen molar-refractivity contribution in [3.63, 3.8) is 0 Å². The number of alkyl halides is 3. The van der Waals surface area contributed by atoms with E-state index in [9.17, 15) is 18.0 Å². The monoisotopic (exact) mass is 352 g/mol. The van der Waals surface area contributed by atoms with Crippen molar-refractivity contribution in [2.75, 3.05) is 26.2 Å². The molecule has 2 atom stereocenters. The second-order valence-corrected chi connectivity index (χ2v) is 7.71. The number of amides is 1. The van der Waals surface area contributed by atoms with E-state index in [1.165, 1.54) is 12.1 Å². The van der Waals surface area contributed by atoms with Gasteiger partial charge in [-0.2, -0.15) is 13.2 Å². The Kier molecular flexibility index (Phi) is 4.06. The van der Waals surface area contributed by atoms with Crippen LogP contribution in [0.25, 0.3) is 0 Å². The van der Waals surface area contributed by atoms with Gasteiger partial charge in [0.1, 0.15) is 0 Å². The summed E-state index contributed by atoms with van der Waals surface area (Å²) < 4.78 is 39.0. The SMILES string of the molecule is O=C(N1CC[C@@H]2CNC[C@@H]2CC1)C1(c2cccc(C(F)(F)F)c2)CC1. The lowest BCUT2D eigenvalue weighted by Gasteiger charge is -2.27. The Bertz CT molecular complexity index is 655. The lowest BCUT2D eigenvalue weighted by Crippen LogP contribution is -2.40. The highest BCUT2D eigenvalue weighted by Crippen LogP contribution is 2.50. The highest BCUT2D eigenvalue weighted by atomic mass is 19.4. The van der Waals surface area contributed by atoms with E-state index in [2.05, 4.69) is 5.32 Å². The average molecular weight is 352 g/mol. The summed E-state index contributed by atoms with van der Waals surface area (Å²) in [5.41, 5.74) is -0.863. The van der Waals surface area contributed by atoms with Crippen molar-refractivity contribution in [2.45, 2.75) is 37.3 Å². The van der Waals surface area contributed by atoms with E-state index in [0.29, 0.717) is 30.2 Å². The van der Waals surface area contributed by atoms with Crippen LogP contribution >= 0.6 is 0 Å². The minimum absolute atomic E-state index is 0.0276. The van der Waals surface area contributed by atoms with Gasteiger partial charge in [-0.15, -0.1) is 0 Å². The topological polar surface area (TPSA) is 32.3 Å². The van der Waals surface area contributed by atoms with Gasteiger partial charge in [0.25, 0.3) is 0 Å². The number of hydrogen-bond donors (Lipinski definition) is 1. The smallest absolute Gasteiger partial charge is 0.342 e. The first kappa shape index (κ1) is 16.9. The minimum atomic E-state index is -4.37. The van der Waals surface area contributed by atoms with E-state index in [0.717, 1.165) is 45.1 Å². The summed E-state index contributed by atoms with van der Waals surface area (Å²) in [4.78, 5) is 15.1. The van der Waals surface area contributed by atoms with Crippen LogP contribution in [0.5, 0.6) is 0 Å². The molecule has 3 aliphatic rings. The second-order valence-electron chi connectivity index (χ2n) is 7.71. The number of hydrogen-bond acceptors (Lipinski definition) is 2. The van der Waals surface area contributed by atoms with Crippen LogP contribution in [0.1, 0.15) is 36.8 Å². The number of nitrogens with zero attached hydrogens (tertiary/aromatic N) is 1. The van der Waals surface area contributed by atoms with E-state index in [1.807, 2.05) is 4.90 Å². The summed E-state index contributed by atoms with van der Waals surface area (Å²) >= 11 is 0. The van der Waals surface area contributed by atoms with Crippen molar-refractivity contribution >= 4 is 5.91 Å². The number of halogens is 3. The zero-order valence-corrected chi connectivity index (χ0v) is 14.1. The van der Waals surface area contributed by atoms with Crippen LogP contribution in [0.4, 0.5) is 13.2 Å². The number of rotatable bonds is 2. The Morgan fingerprint density at radius 1 is 1.12 bits per heavy atom. The van der Waals surface area contributed by atoms with Crippen molar-refractivity contribution in [1.82, 2.24) is 10.2 Å². The summed E-state index contributed by atoms with van der Waals surface area (Å²) in [6.45, 7) is 3.49. The fourth-order valence-corrected chi connectivity index (χ4v) is 4.47. The third-order valence-electron chi connectivity index (χ3n) is 6.21. The highest BCUT2D eigenvalue weighted by Gasteiger charge is 2.53. The molecule has 1 aromatic rings. The van der Waals surface area contributed by atoms with Gasteiger partial charge in [0.2, 0.25) is 5.91 Å². The summed E-state index contributed by atoms with van der Waals surface area (Å²) in [7, 11) is 0. The van der Waals surface area contributed by atoms with Crippen molar-refractivity contribution in [3.05, 3.63) is 35.4 Å². The molecule has 3 nitrogen and oxygen atoms in total. The molecule has 2 saturated heterocycles. The zero-order valence-electron chi connectivity index (χ0n) is 14.1. The van der Waals surface area contributed by atoms with Gasteiger partial charge in [0.05, 0.1) is 11.0 Å². The van der Waals surface area contributed by atoms with Crippen LogP contribution in [0.15, 0.2) is 24.3 Å². The molecule has 1 aliphatic carbocycles. The third-order valence-corrected chi connectivity index (χ3v) is 6.21. The maximum absolute atomic E-state index is 13.1. The summed E-state index contributed by atoms with van der Waals surface area (Å²) in [6.07, 6.45) is -1.09. The van der Waals surface area contributed by atoms with Crippen LogP contribution in [0, 0.1) is 11.8 Å². The number of nitrogens with one attached hydrogen (secondary N) is 1. The Morgan fingerprint density at radius 2 is 1.76 bits per heavy atom. The van der Waals surface area contributed by atoms with Gasteiger partial charge in [-0.1, -0.05) is 18.2 Å². The molecule has 6 heteroatoms. The first-order chi connectivity index (χ1) is 11.9. The normalized spacial score (nSPS) is 28.4. The molecule has 25 heavy (non-hydrogen) atoms. The molecule has 0 bridgehead atoms. The van der Waals surface area contributed by atoms with Crippen LogP contribution in [-0.2, 0) is 16.4 Å². The molecule has 2 aliphatic heterocycles. The summed E-state index contributed by atoms with van der Waals surface area (Å²) in [5.74, 6) is 1.28. The molecule has 2 heterocycles. The molecular formula is C19H23F3N2O. The van der Waals surface area contributed by atoms with Crippen LogP contribution in [-0.4, -0.2) is 37.0 Å². The maximum atomic E-state index is 13.1. The summed E-state index contributed by atoms with van der Waals surface area (Å²) in [5, 5.41) is 3.41. The quantitative estimate of drug-likeness (QED) is 0.887. The Hall–Kier alpha value is -1.56. The maximum Gasteiger partial charge on any atom is 0.416 e. The van der Waals surface area contributed by atoms with Crippen molar-refractivity contribution < 1.29 is 18.0 Å². The van der Waals surface area contributed by atoms with Gasteiger partial charge in [0, 0.05) is 13.1 Å². The molecule has 1 saturated carbocycles. The predicted octanol–water partition coefficient (Wildman–Crippen LogP) is 3.20. The number of carbonyl (C=O) groups is 1. The van der Waals surface area contributed by atoms with Gasteiger partial charge < -0.3 is 10.2 Å². The Morgan fingerprint density at radius 3 is 2.32 bits per heavy atom. The minimum Gasteiger partial charge on any atom is -0.342 e. The first-order valence-corrected chi connectivity index (χ1v) is 9.08. The highest BCUT2D eigenvalue weighted by molar-refractivity contribution is 5.91. The van der Waals surface area contributed by atoms with Gasteiger partial charge in [-0.25, -0.2) is 0 Å². The Labute approximate surface area is 145 Å². The number of fused-ring (bicyclic) bond motifs is 1. The van der Waals surface area contributed by atoms with E-state index >= 15 is 0 Å². The second kappa shape index (κ2) is 6.01. The average Bonchev–Trinajstić information content (AvgIpc) is 3.33. The van der Waals surface area contributed by atoms with Gasteiger partial charge in [0.15, 0.2) is 0 Å². The fourth-order valence-electron chi connectivity index (χ4n) is 4.47. The van der Waals surface area contributed by atoms with Crippen LogP contribution in [0.2, 0.25) is 0 Å². The Balaban J connectivity index is 1.54. The van der Waals surface area contributed by atoms with Gasteiger partial charge in [-0.05, 0) is 62.2 Å². The molecule has 0 radical (unpaired) electrons. The molecule has 0 spiro atoms. The third kappa shape index (κ3) is 3.05. The lowest BCUT2D eigenvalue weighted by atomic mass is 9.92. The number of likely N-dealkylation sites (tertiary alicyclic amines) is 1. The molecule has 136 valence electrons. The van der Waals surface area contributed by atoms with Crippen LogP contribution < -0.4 is 5.32 Å². The number of carbonyl (C=O) groups excluding carboxylic acids is 1. The first-order valence-electron chi connectivity index (χ1n) is 9.08. The van der Waals surface area contributed by atoms with E-state index in [-0.39, 0.29) is 5.91 Å². The number of benzene rings is 1. The largest absolute Gasteiger partial charge is 0.416 e. The standard InChI is InChI=1S/C19H23F3N2O/c20-19(21,22)16-3-1-2-15(10-16)18(6-7-18)17(25)24-8-4-13-11-23-12-14(13)5-9-24/h1-3,10,13-14,23H,4-9,11-12H2/t13-,14+. The zero-order chi connectivity index (χ0) is 17.7. The molecule has 1 aromatic carbocycles. The lowest BCUT2D eigenvalue weighted by molar-refractivity contribution is -0.138.